The molecule has 1 aliphatic rings. The molecule has 0 saturated carbocycles. The van der Waals surface area contributed by atoms with Crippen LogP contribution in [0.3, 0.4) is 0 Å². The van der Waals surface area contributed by atoms with E-state index in [1.165, 1.54) is 10.4 Å². The van der Waals surface area contributed by atoms with Crippen molar-refractivity contribution < 1.29 is 13.2 Å². The van der Waals surface area contributed by atoms with E-state index >= 15 is 0 Å². The third-order valence-electron chi connectivity index (χ3n) is 2.27. The minimum absolute atomic E-state index is 0.00874. The molecule has 84 valence electrons. The number of rotatable bonds is 3. The maximum absolute atomic E-state index is 10.8. The third kappa shape index (κ3) is 3.17. The van der Waals surface area contributed by atoms with Gasteiger partial charge >= 0.3 is 0 Å². The van der Waals surface area contributed by atoms with Crippen molar-refractivity contribution in [3.8, 4) is 0 Å². The van der Waals surface area contributed by atoms with Crippen LogP contribution in [-0.2, 0) is 33.2 Å². The molecule has 0 unspecified atom stereocenters. The Morgan fingerprint density at radius 1 is 1.53 bits per heavy atom. The minimum Gasteiger partial charge on any atom is -0.376 e. The van der Waals surface area contributed by atoms with E-state index in [0.29, 0.717) is 13.0 Å². The summed E-state index contributed by atoms with van der Waals surface area (Å²) >= 11 is 1.67. The molecule has 1 aliphatic heterocycles. The summed E-state index contributed by atoms with van der Waals surface area (Å²) in [7, 11) is 1.79. The van der Waals surface area contributed by atoms with Crippen LogP contribution in [0, 0.1) is 0 Å². The van der Waals surface area contributed by atoms with Crippen LogP contribution in [0.2, 0.25) is 0 Å². The summed E-state index contributed by atoms with van der Waals surface area (Å²) in [6.45, 7) is 1.42. The van der Waals surface area contributed by atoms with Crippen molar-refractivity contribution in [2.75, 3.05) is 12.4 Å². The molecule has 0 N–H and O–H groups in total. The Balaban J connectivity index is 2.07. The van der Waals surface area contributed by atoms with Gasteiger partial charge in [-0.2, -0.15) is 0 Å². The summed E-state index contributed by atoms with van der Waals surface area (Å²) in [6, 6.07) is 2.03. The number of thiophene rings is 1. The summed E-state index contributed by atoms with van der Waals surface area (Å²) in [4.78, 5) is 2.40. The van der Waals surface area contributed by atoms with Crippen molar-refractivity contribution in [2.24, 2.45) is 0 Å². The number of hydrogen-bond donors (Lipinski definition) is 0. The number of hydrogen-bond acceptors (Lipinski definition) is 4. The van der Waals surface area contributed by atoms with Crippen LogP contribution in [-0.4, -0.2) is 20.8 Å². The number of ether oxygens (including phenoxy) is 1. The van der Waals surface area contributed by atoms with Crippen LogP contribution in [0.5, 0.6) is 0 Å². The Morgan fingerprint density at radius 3 is 3.00 bits per heavy atom. The molecule has 6 heteroatoms. The van der Waals surface area contributed by atoms with Gasteiger partial charge in [-0.1, -0.05) is 0 Å². The van der Waals surface area contributed by atoms with Gasteiger partial charge in [-0.15, -0.1) is 11.3 Å². The molecule has 0 aromatic carbocycles. The molecule has 0 saturated heterocycles. The second-order valence-corrected chi connectivity index (χ2v) is 7.57. The van der Waals surface area contributed by atoms with Crippen molar-refractivity contribution in [1.29, 1.82) is 0 Å². The zero-order valence-corrected chi connectivity index (χ0v) is 10.4. The molecule has 0 atom stereocenters. The summed E-state index contributed by atoms with van der Waals surface area (Å²) in [5, 5.41) is 0. The highest BCUT2D eigenvalue weighted by Crippen LogP contribution is 2.27. The molecule has 0 spiro atoms. The lowest BCUT2D eigenvalue weighted by atomic mass is 10.2. The van der Waals surface area contributed by atoms with Gasteiger partial charge in [0.2, 0.25) is 9.05 Å². The van der Waals surface area contributed by atoms with Gasteiger partial charge in [0, 0.05) is 26.9 Å². The van der Waals surface area contributed by atoms with Crippen molar-refractivity contribution in [1.82, 2.24) is 0 Å². The van der Waals surface area contributed by atoms with Gasteiger partial charge in [0.15, 0.2) is 0 Å². The third-order valence-corrected chi connectivity index (χ3v) is 4.72. The van der Waals surface area contributed by atoms with Gasteiger partial charge in [-0.05, 0) is 18.1 Å². The Morgan fingerprint density at radius 2 is 2.33 bits per heavy atom. The van der Waals surface area contributed by atoms with E-state index in [9.17, 15) is 8.42 Å². The topological polar surface area (TPSA) is 43.4 Å². The summed E-state index contributed by atoms with van der Waals surface area (Å²) in [6.07, 6.45) is 1.44. The molecule has 15 heavy (non-hydrogen) atoms. The van der Waals surface area contributed by atoms with Gasteiger partial charge in [0.05, 0.1) is 19.0 Å². The molecule has 0 radical (unpaired) electrons. The van der Waals surface area contributed by atoms with Crippen LogP contribution in [0.15, 0.2) is 6.07 Å². The van der Waals surface area contributed by atoms with Gasteiger partial charge in [-0.25, -0.2) is 8.42 Å². The van der Waals surface area contributed by atoms with E-state index in [4.69, 9.17) is 15.4 Å². The van der Waals surface area contributed by atoms with E-state index in [2.05, 4.69) is 0 Å². The fourth-order valence-electron chi connectivity index (χ4n) is 1.55. The lowest BCUT2D eigenvalue weighted by molar-refractivity contribution is 0.112. The first-order valence-electron chi connectivity index (χ1n) is 4.65. The monoisotopic (exact) mass is 266 g/mol. The molecule has 3 nitrogen and oxygen atoms in total. The fourth-order valence-corrected chi connectivity index (χ4v) is 3.54. The Bertz CT molecular complexity index is 426. The fraction of sp³-hybridized carbons (Fsp3) is 0.556. The molecule has 2 heterocycles. The smallest absolute Gasteiger partial charge is 0.232 e. The predicted molar refractivity (Wildman–Crippen MR) is 61.0 cm³/mol. The van der Waals surface area contributed by atoms with E-state index in [1.54, 1.807) is 11.3 Å². The zero-order valence-electron chi connectivity index (χ0n) is 8.03. The number of aryl methyl sites for hydroxylation is 1. The predicted octanol–water partition coefficient (Wildman–Crippen LogP) is 1.93. The minimum atomic E-state index is -3.38. The van der Waals surface area contributed by atoms with Crippen molar-refractivity contribution >= 4 is 31.1 Å². The molecular formula is C9H11ClO3S2. The summed E-state index contributed by atoms with van der Waals surface area (Å²) in [5.41, 5.74) is 1.20. The maximum atomic E-state index is 10.8. The van der Waals surface area contributed by atoms with Gasteiger partial charge < -0.3 is 4.74 Å². The first kappa shape index (κ1) is 11.4. The SMILES string of the molecule is O=S(=O)(Cl)CCc1cc2c(s1)CCOC2. The lowest BCUT2D eigenvalue weighted by Gasteiger charge is -2.10. The second-order valence-electron chi connectivity index (χ2n) is 3.46. The molecule has 1 aromatic rings. The highest BCUT2D eigenvalue weighted by atomic mass is 35.7. The quantitative estimate of drug-likeness (QED) is 0.786. The number of fused-ring (bicyclic) bond motifs is 1. The molecule has 0 aliphatic carbocycles. The van der Waals surface area contributed by atoms with Gasteiger partial charge in [0.1, 0.15) is 0 Å². The van der Waals surface area contributed by atoms with Crippen LogP contribution >= 0.6 is 22.0 Å². The number of halogens is 1. The van der Waals surface area contributed by atoms with E-state index < -0.39 is 9.05 Å². The van der Waals surface area contributed by atoms with Crippen LogP contribution in [0.1, 0.15) is 15.3 Å². The maximum Gasteiger partial charge on any atom is 0.232 e. The Hall–Kier alpha value is -0.100. The Kier molecular flexibility index (Phi) is 3.35. The average molecular weight is 267 g/mol. The molecule has 2 rings (SSSR count). The molecule has 0 amide bonds. The van der Waals surface area contributed by atoms with Gasteiger partial charge in [-0.3, -0.25) is 0 Å². The summed E-state index contributed by atoms with van der Waals surface area (Å²) in [5.74, 6) is 0.00874. The van der Waals surface area contributed by atoms with Crippen molar-refractivity contribution in [2.45, 2.75) is 19.4 Å². The van der Waals surface area contributed by atoms with Crippen LogP contribution in [0.25, 0.3) is 0 Å². The van der Waals surface area contributed by atoms with E-state index in [0.717, 1.165) is 17.9 Å². The average Bonchev–Trinajstić information content (AvgIpc) is 2.56. The van der Waals surface area contributed by atoms with Crippen molar-refractivity contribution in [3.05, 3.63) is 21.4 Å². The standard InChI is InChI=1S/C9H11ClO3S2/c10-15(11,12)4-2-8-5-7-6-13-3-1-9(7)14-8/h5H,1-4,6H2. The van der Waals surface area contributed by atoms with Crippen LogP contribution in [0.4, 0.5) is 0 Å². The zero-order chi connectivity index (χ0) is 10.9. The molecule has 0 fully saturated rings. The van der Waals surface area contributed by atoms with E-state index in [-0.39, 0.29) is 5.75 Å². The second kappa shape index (κ2) is 4.41. The first-order valence-corrected chi connectivity index (χ1v) is 7.94. The first-order chi connectivity index (χ1) is 7.04. The largest absolute Gasteiger partial charge is 0.376 e. The normalized spacial score (nSPS) is 16.3. The highest BCUT2D eigenvalue weighted by molar-refractivity contribution is 8.13. The van der Waals surface area contributed by atoms with E-state index in [1.807, 2.05) is 6.07 Å². The molecule has 1 aromatic heterocycles. The van der Waals surface area contributed by atoms with Crippen molar-refractivity contribution in [3.63, 3.8) is 0 Å². The highest BCUT2D eigenvalue weighted by Gasteiger charge is 2.14. The molecular weight excluding hydrogens is 256 g/mol. The van der Waals surface area contributed by atoms with Gasteiger partial charge in [0.25, 0.3) is 0 Å². The lowest BCUT2D eigenvalue weighted by Crippen LogP contribution is -2.05. The summed E-state index contributed by atoms with van der Waals surface area (Å²) < 4.78 is 26.9. The Labute approximate surface area is 97.4 Å². The van der Waals surface area contributed by atoms with Crippen LogP contribution < -0.4 is 0 Å². The molecule has 0 bridgehead atoms.